The van der Waals surface area contributed by atoms with Gasteiger partial charge < -0.3 is 19.5 Å². The summed E-state index contributed by atoms with van der Waals surface area (Å²) in [7, 11) is 0. The maximum Gasteiger partial charge on any atom is 0.231 e. The first-order valence-corrected chi connectivity index (χ1v) is 6.89. The van der Waals surface area contributed by atoms with E-state index < -0.39 is 0 Å². The molecular weight excluding hydrogens is 242 g/mol. The van der Waals surface area contributed by atoms with Gasteiger partial charge in [-0.3, -0.25) is 0 Å². The Morgan fingerprint density at radius 2 is 2.11 bits per heavy atom. The van der Waals surface area contributed by atoms with Crippen molar-refractivity contribution < 1.29 is 14.2 Å². The zero-order valence-corrected chi connectivity index (χ0v) is 11.7. The van der Waals surface area contributed by atoms with Gasteiger partial charge in [0.25, 0.3) is 0 Å². The molecule has 1 fully saturated rings. The molecule has 4 nitrogen and oxygen atoms in total. The van der Waals surface area contributed by atoms with Crippen LogP contribution < -0.4 is 14.8 Å². The molecule has 0 bridgehead atoms. The third-order valence-corrected chi connectivity index (χ3v) is 4.26. The summed E-state index contributed by atoms with van der Waals surface area (Å²) < 4.78 is 16.5. The molecule has 2 unspecified atom stereocenters. The second-order valence-corrected chi connectivity index (χ2v) is 5.77. The first-order valence-electron chi connectivity index (χ1n) is 6.89. The lowest BCUT2D eigenvalue weighted by Gasteiger charge is -2.52. The number of benzene rings is 1. The van der Waals surface area contributed by atoms with Crippen molar-refractivity contribution in [2.45, 2.75) is 39.3 Å². The number of nitrogens with one attached hydrogen (secondary N) is 1. The Morgan fingerprint density at radius 1 is 1.32 bits per heavy atom. The lowest BCUT2D eigenvalue weighted by molar-refractivity contribution is -0.0975. The van der Waals surface area contributed by atoms with Crippen LogP contribution in [-0.4, -0.2) is 25.5 Å². The third kappa shape index (κ3) is 2.14. The van der Waals surface area contributed by atoms with Gasteiger partial charge in [-0.2, -0.15) is 0 Å². The van der Waals surface area contributed by atoms with Crippen molar-refractivity contribution in [3.05, 3.63) is 18.2 Å². The topological polar surface area (TPSA) is 39.7 Å². The van der Waals surface area contributed by atoms with E-state index in [1.165, 1.54) is 0 Å². The number of hydrogen-bond donors (Lipinski definition) is 1. The Bertz CT molecular complexity index is 472. The van der Waals surface area contributed by atoms with Crippen LogP contribution >= 0.6 is 0 Å². The molecule has 1 saturated carbocycles. The first-order chi connectivity index (χ1) is 9.11. The Labute approximate surface area is 114 Å². The Hall–Kier alpha value is -1.42. The highest BCUT2D eigenvalue weighted by molar-refractivity contribution is 5.56. The van der Waals surface area contributed by atoms with Crippen LogP contribution in [0.3, 0.4) is 0 Å². The summed E-state index contributed by atoms with van der Waals surface area (Å²) in [5, 5.41) is 3.57. The summed E-state index contributed by atoms with van der Waals surface area (Å²) in [6, 6.07) is 6.44. The van der Waals surface area contributed by atoms with Crippen molar-refractivity contribution in [1.29, 1.82) is 0 Å². The van der Waals surface area contributed by atoms with Gasteiger partial charge in [-0.05, 0) is 25.5 Å². The zero-order chi connectivity index (χ0) is 13.5. The van der Waals surface area contributed by atoms with Gasteiger partial charge in [0, 0.05) is 29.8 Å². The number of anilines is 1. The fourth-order valence-corrected chi connectivity index (χ4v) is 2.80. The maximum atomic E-state index is 5.75. The van der Waals surface area contributed by atoms with Crippen molar-refractivity contribution in [1.82, 2.24) is 0 Å². The van der Waals surface area contributed by atoms with Crippen LogP contribution in [0.25, 0.3) is 0 Å². The average molecular weight is 263 g/mol. The minimum absolute atomic E-state index is 0.159. The molecule has 1 aliphatic carbocycles. The molecule has 19 heavy (non-hydrogen) atoms. The average Bonchev–Trinajstić information content (AvgIpc) is 2.85. The molecule has 2 aliphatic rings. The molecule has 1 aliphatic heterocycles. The lowest BCUT2D eigenvalue weighted by atomic mass is 9.64. The van der Waals surface area contributed by atoms with Crippen LogP contribution in [0.4, 0.5) is 5.69 Å². The maximum absolute atomic E-state index is 5.75. The van der Waals surface area contributed by atoms with Crippen molar-refractivity contribution in [2.75, 3.05) is 18.7 Å². The molecule has 3 rings (SSSR count). The molecule has 4 heteroatoms. The van der Waals surface area contributed by atoms with Crippen molar-refractivity contribution in [2.24, 2.45) is 5.41 Å². The summed E-state index contributed by atoms with van der Waals surface area (Å²) in [5.74, 6) is 1.65. The molecule has 0 saturated heterocycles. The fourth-order valence-electron chi connectivity index (χ4n) is 2.80. The predicted molar refractivity (Wildman–Crippen MR) is 73.8 cm³/mol. The van der Waals surface area contributed by atoms with Gasteiger partial charge in [-0.25, -0.2) is 0 Å². The van der Waals surface area contributed by atoms with E-state index in [-0.39, 0.29) is 5.41 Å². The van der Waals surface area contributed by atoms with Gasteiger partial charge >= 0.3 is 0 Å². The van der Waals surface area contributed by atoms with Gasteiger partial charge in [0.15, 0.2) is 11.5 Å². The van der Waals surface area contributed by atoms with E-state index in [0.717, 1.165) is 30.2 Å². The van der Waals surface area contributed by atoms with Gasteiger partial charge in [0.1, 0.15) is 0 Å². The summed E-state index contributed by atoms with van der Waals surface area (Å²) in [6.07, 6.45) is 1.40. The van der Waals surface area contributed by atoms with Crippen LogP contribution in [0, 0.1) is 5.41 Å². The minimum atomic E-state index is 0.159. The van der Waals surface area contributed by atoms with E-state index in [1.807, 2.05) is 18.2 Å². The standard InChI is InChI=1S/C15H21NO3/c1-4-17-14-8-13(15(14,2)3)16-10-5-6-11-12(7-10)19-9-18-11/h5-7,13-14,16H,4,8-9H2,1-3H3. The van der Waals surface area contributed by atoms with E-state index in [0.29, 0.717) is 18.9 Å². The van der Waals surface area contributed by atoms with Gasteiger partial charge in [0.05, 0.1) is 6.10 Å². The third-order valence-electron chi connectivity index (χ3n) is 4.26. The molecule has 0 amide bonds. The molecule has 0 radical (unpaired) electrons. The molecule has 0 aromatic heterocycles. The fraction of sp³-hybridized carbons (Fsp3) is 0.600. The number of hydrogen-bond acceptors (Lipinski definition) is 4. The van der Waals surface area contributed by atoms with Gasteiger partial charge in [-0.15, -0.1) is 0 Å². The van der Waals surface area contributed by atoms with Gasteiger partial charge in [0.2, 0.25) is 6.79 Å². The van der Waals surface area contributed by atoms with Crippen LogP contribution in [-0.2, 0) is 4.74 Å². The molecule has 1 aromatic rings. The number of ether oxygens (including phenoxy) is 3. The lowest BCUT2D eigenvalue weighted by Crippen LogP contribution is -2.58. The summed E-state index contributed by atoms with van der Waals surface area (Å²) in [5.41, 5.74) is 1.24. The van der Waals surface area contributed by atoms with E-state index >= 15 is 0 Å². The molecular formula is C15H21NO3. The Balaban J connectivity index is 1.67. The molecule has 104 valence electrons. The molecule has 1 N–H and O–H groups in total. The largest absolute Gasteiger partial charge is 0.454 e. The van der Waals surface area contributed by atoms with E-state index in [9.17, 15) is 0 Å². The normalized spacial score (nSPS) is 26.9. The molecule has 1 heterocycles. The van der Waals surface area contributed by atoms with Gasteiger partial charge in [-0.1, -0.05) is 13.8 Å². The SMILES string of the molecule is CCOC1CC(Nc2ccc3c(c2)OCO3)C1(C)C. The monoisotopic (exact) mass is 263 g/mol. The molecule has 2 atom stereocenters. The zero-order valence-electron chi connectivity index (χ0n) is 11.7. The van der Waals surface area contributed by atoms with E-state index in [1.54, 1.807) is 0 Å². The van der Waals surface area contributed by atoms with Crippen LogP contribution in [0.5, 0.6) is 11.5 Å². The summed E-state index contributed by atoms with van der Waals surface area (Å²) in [4.78, 5) is 0. The Kier molecular flexibility index (Phi) is 3.05. The highest BCUT2D eigenvalue weighted by atomic mass is 16.7. The van der Waals surface area contributed by atoms with E-state index in [4.69, 9.17) is 14.2 Å². The predicted octanol–water partition coefficient (Wildman–Crippen LogP) is 3.03. The minimum Gasteiger partial charge on any atom is -0.454 e. The highest BCUT2D eigenvalue weighted by Gasteiger charge is 2.48. The molecule has 1 aromatic carbocycles. The number of fused-ring (bicyclic) bond motifs is 1. The van der Waals surface area contributed by atoms with E-state index in [2.05, 4.69) is 26.1 Å². The second-order valence-electron chi connectivity index (χ2n) is 5.77. The highest BCUT2D eigenvalue weighted by Crippen LogP contribution is 2.45. The summed E-state index contributed by atoms with van der Waals surface area (Å²) >= 11 is 0. The van der Waals surface area contributed by atoms with Crippen molar-refractivity contribution in [3.63, 3.8) is 0 Å². The summed E-state index contributed by atoms with van der Waals surface area (Å²) in [6.45, 7) is 7.66. The smallest absolute Gasteiger partial charge is 0.231 e. The van der Waals surface area contributed by atoms with Crippen LogP contribution in [0.1, 0.15) is 27.2 Å². The quantitative estimate of drug-likeness (QED) is 0.906. The van der Waals surface area contributed by atoms with Crippen molar-refractivity contribution in [3.8, 4) is 11.5 Å². The Morgan fingerprint density at radius 3 is 2.84 bits per heavy atom. The first kappa shape index (κ1) is 12.6. The second kappa shape index (κ2) is 4.60. The number of rotatable bonds is 4. The van der Waals surface area contributed by atoms with Crippen molar-refractivity contribution >= 4 is 5.69 Å². The molecule has 0 spiro atoms. The van der Waals surface area contributed by atoms with Crippen LogP contribution in [0.15, 0.2) is 18.2 Å². The van der Waals surface area contributed by atoms with Crippen LogP contribution in [0.2, 0.25) is 0 Å².